The Hall–Kier alpha value is -0.800. The molecule has 0 bridgehead atoms. The molecule has 1 unspecified atom stereocenters. The third kappa shape index (κ3) is 5.79. The van der Waals surface area contributed by atoms with Gasteiger partial charge in [-0.15, -0.1) is 0 Å². The van der Waals surface area contributed by atoms with Gasteiger partial charge in [0.25, 0.3) is 0 Å². The highest BCUT2D eigenvalue weighted by molar-refractivity contribution is 5.19. The van der Waals surface area contributed by atoms with Crippen LogP contribution in [0.5, 0.6) is 0 Å². The number of rotatable bonds is 10. The number of hydrogen-bond donors (Lipinski definition) is 1. The zero-order valence-electron chi connectivity index (χ0n) is 12.9. The molecule has 0 aliphatic rings. The Labute approximate surface area is 117 Å². The van der Waals surface area contributed by atoms with Crippen LogP contribution >= 0.6 is 0 Å². The van der Waals surface area contributed by atoms with Crippen molar-refractivity contribution in [3.8, 4) is 0 Å². The van der Waals surface area contributed by atoms with Crippen molar-refractivity contribution in [1.82, 2.24) is 5.32 Å². The minimum Gasteiger partial charge on any atom is -0.465 e. The number of unbranched alkanes of at least 4 members (excludes halogenated alkanes) is 1. The van der Waals surface area contributed by atoms with Crippen LogP contribution in [-0.4, -0.2) is 13.7 Å². The summed E-state index contributed by atoms with van der Waals surface area (Å²) < 4.78 is 11.5. The summed E-state index contributed by atoms with van der Waals surface area (Å²) in [6, 6.07) is 2.10. The lowest BCUT2D eigenvalue weighted by Gasteiger charge is -2.14. The first-order chi connectivity index (χ1) is 9.21. The fourth-order valence-corrected chi connectivity index (χ4v) is 2.23. The maximum absolute atomic E-state index is 5.86. The van der Waals surface area contributed by atoms with Crippen LogP contribution in [0.4, 0.5) is 0 Å². The molecule has 3 nitrogen and oxygen atoms in total. The molecular formula is C16H29NO2. The molecular weight excluding hydrogens is 238 g/mol. The van der Waals surface area contributed by atoms with Gasteiger partial charge in [0.1, 0.15) is 11.5 Å². The molecule has 0 fully saturated rings. The molecule has 110 valence electrons. The van der Waals surface area contributed by atoms with Gasteiger partial charge in [-0.1, -0.05) is 33.1 Å². The van der Waals surface area contributed by atoms with Gasteiger partial charge in [0.05, 0.1) is 13.2 Å². The number of ether oxygens (including phenoxy) is 1. The Kier molecular flexibility index (Phi) is 7.84. The summed E-state index contributed by atoms with van der Waals surface area (Å²) in [6.45, 7) is 8.80. The number of hydrogen-bond acceptors (Lipinski definition) is 3. The highest BCUT2D eigenvalue weighted by Crippen LogP contribution is 2.18. The molecule has 1 aromatic heterocycles. The largest absolute Gasteiger partial charge is 0.465 e. The van der Waals surface area contributed by atoms with Crippen molar-refractivity contribution in [2.24, 2.45) is 5.92 Å². The van der Waals surface area contributed by atoms with E-state index < -0.39 is 0 Å². The second-order valence-corrected chi connectivity index (χ2v) is 5.26. The van der Waals surface area contributed by atoms with Crippen molar-refractivity contribution in [2.75, 3.05) is 13.7 Å². The molecule has 0 aromatic carbocycles. The Bertz CT molecular complexity index is 347. The standard InChI is InChI=1S/C16H29NO2/c1-5-7-8-14(6-2)11-18-12-15-9-16(10-17-4)19-13(15)3/h9,14,17H,5-8,10-12H2,1-4H3. The van der Waals surface area contributed by atoms with E-state index in [-0.39, 0.29) is 0 Å². The molecule has 0 saturated carbocycles. The van der Waals surface area contributed by atoms with E-state index in [1.807, 2.05) is 14.0 Å². The fraction of sp³-hybridized carbons (Fsp3) is 0.750. The van der Waals surface area contributed by atoms with Crippen LogP contribution in [0.1, 0.15) is 56.6 Å². The van der Waals surface area contributed by atoms with Gasteiger partial charge in [0.2, 0.25) is 0 Å². The van der Waals surface area contributed by atoms with Crippen LogP contribution in [-0.2, 0) is 17.9 Å². The highest BCUT2D eigenvalue weighted by Gasteiger charge is 2.09. The highest BCUT2D eigenvalue weighted by atomic mass is 16.5. The van der Waals surface area contributed by atoms with E-state index in [2.05, 4.69) is 25.2 Å². The number of furan rings is 1. The van der Waals surface area contributed by atoms with Crippen LogP contribution in [0, 0.1) is 12.8 Å². The average molecular weight is 267 g/mol. The lowest BCUT2D eigenvalue weighted by atomic mass is 10.0. The maximum atomic E-state index is 5.86. The topological polar surface area (TPSA) is 34.4 Å². The normalized spacial score (nSPS) is 12.8. The van der Waals surface area contributed by atoms with Crippen LogP contribution in [0.15, 0.2) is 10.5 Å². The van der Waals surface area contributed by atoms with Gasteiger partial charge >= 0.3 is 0 Å². The average Bonchev–Trinajstić information content (AvgIpc) is 2.74. The quantitative estimate of drug-likeness (QED) is 0.694. The van der Waals surface area contributed by atoms with E-state index in [1.54, 1.807) is 0 Å². The van der Waals surface area contributed by atoms with Gasteiger partial charge in [-0.25, -0.2) is 0 Å². The molecule has 1 heterocycles. The monoisotopic (exact) mass is 267 g/mol. The Morgan fingerprint density at radius 2 is 2.16 bits per heavy atom. The Morgan fingerprint density at radius 1 is 1.37 bits per heavy atom. The number of aryl methyl sites for hydroxylation is 1. The van der Waals surface area contributed by atoms with Crippen LogP contribution < -0.4 is 5.32 Å². The molecule has 1 aromatic rings. The van der Waals surface area contributed by atoms with E-state index in [9.17, 15) is 0 Å². The molecule has 1 N–H and O–H groups in total. The van der Waals surface area contributed by atoms with E-state index in [4.69, 9.17) is 9.15 Å². The summed E-state index contributed by atoms with van der Waals surface area (Å²) >= 11 is 0. The van der Waals surface area contributed by atoms with Crippen LogP contribution in [0.3, 0.4) is 0 Å². The van der Waals surface area contributed by atoms with Crippen LogP contribution in [0.2, 0.25) is 0 Å². The fourth-order valence-electron chi connectivity index (χ4n) is 2.23. The summed E-state index contributed by atoms with van der Waals surface area (Å²) in [5.74, 6) is 2.66. The molecule has 19 heavy (non-hydrogen) atoms. The van der Waals surface area contributed by atoms with Crippen molar-refractivity contribution < 1.29 is 9.15 Å². The first-order valence-electron chi connectivity index (χ1n) is 7.51. The summed E-state index contributed by atoms with van der Waals surface area (Å²) in [5, 5.41) is 3.10. The molecule has 0 spiro atoms. The van der Waals surface area contributed by atoms with Crippen molar-refractivity contribution in [2.45, 2.75) is 59.6 Å². The predicted molar refractivity (Wildman–Crippen MR) is 79.2 cm³/mol. The van der Waals surface area contributed by atoms with Gasteiger partial charge in [0, 0.05) is 12.2 Å². The third-order valence-electron chi connectivity index (χ3n) is 3.58. The van der Waals surface area contributed by atoms with Gasteiger partial charge in [0.15, 0.2) is 0 Å². The van der Waals surface area contributed by atoms with Crippen LogP contribution in [0.25, 0.3) is 0 Å². The zero-order chi connectivity index (χ0) is 14.1. The summed E-state index contributed by atoms with van der Waals surface area (Å²) in [5.41, 5.74) is 1.18. The molecule has 0 aliphatic heterocycles. The lowest BCUT2D eigenvalue weighted by molar-refractivity contribution is 0.0812. The maximum Gasteiger partial charge on any atom is 0.118 e. The van der Waals surface area contributed by atoms with Crippen molar-refractivity contribution in [3.63, 3.8) is 0 Å². The van der Waals surface area contributed by atoms with Crippen molar-refractivity contribution in [3.05, 3.63) is 23.2 Å². The predicted octanol–water partition coefficient (Wildman–Crippen LogP) is 4.04. The second kappa shape index (κ2) is 9.16. The van der Waals surface area contributed by atoms with E-state index in [1.165, 1.54) is 31.2 Å². The molecule has 1 atom stereocenters. The van der Waals surface area contributed by atoms with Gasteiger partial charge in [-0.3, -0.25) is 0 Å². The molecule has 0 amide bonds. The molecule has 1 rings (SSSR count). The summed E-state index contributed by atoms with van der Waals surface area (Å²) in [7, 11) is 1.92. The molecule has 0 aliphatic carbocycles. The minimum atomic E-state index is 0.668. The number of nitrogens with one attached hydrogen (secondary N) is 1. The van der Waals surface area contributed by atoms with Gasteiger partial charge < -0.3 is 14.5 Å². The smallest absolute Gasteiger partial charge is 0.118 e. The van der Waals surface area contributed by atoms with Crippen molar-refractivity contribution >= 4 is 0 Å². The van der Waals surface area contributed by atoms with E-state index >= 15 is 0 Å². The Balaban J connectivity index is 2.35. The second-order valence-electron chi connectivity index (χ2n) is 5.26. The molecule has 3 heteroatoms. The summed E-state index contributed by atoms with van der Waals surface area (Å²) in [4.78, 5) is 0. The third-order valence-corrected chi connectivity index (χ3v) is 3.58. The van der Waals surface area contributed by atoms with Gasteiger partial charge in [-0.2, -0.15) is 0 Å². The summed E-state index contributed by atoms with van der Waals surface area (Å²) in [6.07, 6.45) is 5.06. The van der Waals surface area contributed by atoms with Crippen molar-refractivity contribution in [1.29, 1.82) is 0 Å². The lowest BCUT2D eigenvalue weighted by Crippen LogP contribution is -2.09. The van der Waals surface area contributed by atoms with Gasteiger partial charge in [-0.05, 0) is 32.4 Å². The minimum absolute atomic E-state index is 0.668. The zero-order valence-corrected chi connectivity index (χ0v) is 12.9. The first-order valence-corrected chi connectivity index (χ1v) is 7.51. The SMILES string of the molecule is CCCCC(CC)COCc1cc(CNC)oc1C. The van der Waals surface area contributed by atoms with E-state index in [0.717, 1.165) is 24.7 Å². The Morgan fingerprint density at radius 3 is 2.79 bits per heavy atom. The molecule has 0 radical (unpaired) electrons. The first kappa shape index (κ1) is 16.3. The van der Waals surface area contributed by atoms with E-state index in [0.29, 0.717) is 12.5 Å². The molecule has 0 saturated heterocycles.